The van der Waals surface area contributed by atoms with Crippen LogP contribution in [-0.2, 0) is 27.2 Å². The molecule has 34 heavy (non-hydrogen) atoms. The minimum Gasteiger partial charge on any atom is -0.466 e. The Balaban J connectivity index is 0.000000164. The van der Waals surface area contributed by atoms with E-state index in [9.17, 15) is 19.2 Å². The molecule has 0 radical (unpaired) electrons. The highest BCUT2D eigenvalue weighted by Gasteiger charge is 2.46. The van der Waals surface area contributed by atoms with Gasteiger partial charge in [0.25, 0.3) is 0 Å². The number of carbonyl (C=O) groups excluding carboxylic acids is 4. The number of halogens is 2. The van der Waals surface area contributed by atoms with Crippen molar-refractivity contribution in [3.05, 3.63) is 80.3 Å². The van der Waals surface area contributed by atoms with Crippen LogP contribution in [0.4, 0.5) is 0 Å². The average Bonchev–Trinajstić information content (AvgIpc) is 3.33. The second-order valence-electron chi connectivity index (χ2n) is 8.58. The van der Waals surface area contributed by atoms with E-state index >= 15 is 0 Å². The van der Waals surface area contributed by atoms with Crippen molar-refractivity contribution >= 4 is 55.2 Å². The summed E-state index contributed by atoms with van der Waals surface area (Å²) in [4.78, 5) is 44.9. The van der Waals surface area contributed by atoms with Crippen LogP contribution in [0.25, 0.3) is 0 Å². The number of fused-ring (bicyclic) bond motifs is 2. The van der Waals surface area contributed by atoms with Crippen LogP contribution in [0.5, 0.6) is 0 Å². The number of rotatable bonds is 1. The van der Waals surface area contributed by atoms with E-state index in [0.29, 0.717) is 25.0 Å². The lowest BCUT2D eigenvalue weighted by molar-refractivity contribution is -0.134. The van der Waals surface area contributed by atoms with E-state index in [1.807, 2.05) is 36.4 Å². The van der Waals surface area contributed by atoms with Crippen molar-refractivity contribution in [2.75, 3.05) is 7.11 Å². The highest BCUT2D eigenvalue weighted by Crippen LogP contribution is 2.46. The van der Waals surface area contributed by atoms with E-state index in [4.69, 9.17) is 0 Å². The van der Waals surface area contributed by atoms with E-state index in [1.165, 1.54) is 12.7 Å². The number of methoxy groups -OCH3 is 1. The molecule has 2 aromatic carbocycles. The molecule has 0 saturated heterocycles. The fraction of sp³-hybridized carbons (Fsp3) is 0.333. The summed E-state index contributed by atoms with van der Waals surface area (Å²) in [7, 11) is 1.31. The lowest BCUT2D eigenvalue weighted by Crippen LogP contribution is -2.33. The van der Waals surface area contributed by atoms with Crippen molar-refractivity contribution in [2.45, 2.75) is 44.9 Å². The number of ketones is 3. The molecule has 3 aliphatic carbocycles. The number of carbonyl (C=O) groups is 4. The maximum Gasteiger partial charge on any atom is 0.329 e. The monoisotopic (exact) mass is 588 g/mol. The van der Waals surface area contributed by atoms with Gasteiger partial charge < -0.3 is 4.74 Å². The molecule has 2 aromatic rings. The van der Waals surface area contributed by atoms with E-state index in [2.05, 4.69) is 43.2 Å². The first-order chi connectivity index (χ1) is 16.2. The molecule has 178 valence electrons. The fourth-order valence-electron chi connectivity index (χ4n) is 4.55. The van der Waals surface area contributed by atoms with Gasteiger partial charge in [0.1, 0.15) is 5.78 Å². The van der Waals surface area contributed by atoms with Gasteiger partial charge in [0.15, 0.2) is 11.6 Å². The quantitative estimate of drug-likeness (QED) is 0.291. The van der Waals surface area contributed by atoms with Crippen molar-refractivity contribution in [2.24, 2.45) is 5.41 Å². The Morgan fingerprint density at radius 2 is 1.50 bits per heavy atom. The SMILES string of the molecule is C=CC(=O)OC.O=C1CCC2(CC1)Cc1ccc(Br)cc1C2=O.O=C1CCc2ccc(Br)cc21. The van der Waals surface area contributed by atoms with Crippen molar-refractivity contribution in [1.82, 2.24) is 0 Å². The second-order valence-corrected chi connectivity index (χ2v) is 10.4. The third-order valence-corrected chi connectivity index (χ3v) is 7.44. The third-order valence-electron chi connectivity index (χ3n) is 6.45. The standard InChI is InChI=1S/C14H13BrO2.C9H7BrO.C4H6O2/c15-10-2-1-9-8-14(13(17)12(9)7-10)5-3-11(16)4-6-14;10-7-3-1-6-2-4-9(11)8(6)5-7;1-3-4(5)6-2/h1-2,7H,3-6,8H2;1,3,5H,2,4H2;3H,1H2,2H3. The molecular weight excluding hydrogens is 564 g/mol. The molecule has 0 aliphatic heterocycles. The first-order valence-electron chi connectivity index (χ1n) is 11.1. The molecule has 0 heterocycles. The van der Waals surface area contributed by atoms with Gasteiger partial charge in [-0.3, -0.25) is 14.4 Å². The van der Waals surface area contributed by atoms with Gasteiger partial charge in [-0.1, -0.05) is 50.6 Å². The Morgan fingerprint density at radius 3 is 2.06 bits per heavy atom. The highest BCUT2D eigenvalue weighted by molar-refractivity contribution is 9.10. The number of Topliss-reactive ketones (excluding diaryl/α,β-unsaturated/α-hetero) is 3. The smallest absolute Gasteiger partial charge is 0.329 e. The minimum atomic E-state index is -0.394. The van der Waals surface area contributed by atoms with Crippen molar-refractivity contribution in [3.8, 4) is 0 Å². The molecule has 1 saturated carbocycles. The molecule has 0 unspecified atom stereocenters. The molecule has 5 nitrogen and oxygen atoms in total. The zero-order valence-corrected chi connectivity index (χ0v) is 22.2. The van der Waals surface area contributed by atoms with Gasteiger partial charge in [-0.25, -0.2) is 4.79 Å². The lowest BCUT2D eigenvalue weighted by Gasteiger charge is -2.30. The van der Waals surface area contributed by atoms with Crippen molar-refractivity contribution in [1.29, 1.82) is 0 Å². The Kier molecular flexibility index (Phi) is 8.77. The van der Waals surface area contributed by atoms with Crippen LogP contribution in [0.2, 0.25) is 0 Å². The Morgan fingerprint density at radius 1 is 0.912 bits per heavy atom. The zero-order valence-electron chi connectivity index (χ0n) is 19.0. The Labute approximate surface area is 216 Å². The van der Waals surface area contributed by atoms with Crippen LogP contribution in [0, 0.1) is 5.41 Å². The summed E-state index contributed by atoms with van der Waals surface area (Å²) in [6, 6.07) is 11.8. The summed E-state index contributed by atoms with van der Waals surface area (Å²) < 4.78 is 6.09. The molecule has 1 spiro atoms. The molecule has 5 rings (SSSR count). The predicted molar refractivity (Wildman–Crippen MR) is 137 cm³/mol. The maximum atomic E-state index is 12.5. The predicted octanol–water partition coefficient (Wildman–Crippen LogP) is 6.24. The van der Waals surface area contributed by atoms with Crippen LogP contribution < -0.4 is 0 Å². The molecule has 0 aromatic heterocycles. The molecule has 3 aliphatic rings. The Bertz CT molecular complexity index is 1140. The van der Waals surface area contributed by atoms with Crippen LogP contribution in [0.3, 0.4) is 0 Å². The van der Waals surface area contributed by atoms with Gasteiger partial charge in [-0.15, -0.1) is 0 Å². The van der Waals surface area contributed by atoms with E-state index in [0.717, 1.165) is 57.4 Å². The number of hydrogen-bond donors (Lipinski definition) is 0. The van der Waals surface area contributed by atoms with E-state index in [1.54, 1.807) is 0 Å². The molecule has 0 bridgehead atoms. The minimum absolute atomic E-state index is 0.251. The summed E-state index contributed by atoms with van der Waals surface area (Å²) in [5, 5.41) is 0. The maximum absolute atomic E-state index is 12.5. The van der Waals surface area contributed by atoms with E-state index in [-0.39, 0.29) is 17.0 Å². The normalized spacial score (nSPS) is 17.1. The summed E-state index contributed by atoms with van der Waals surface area (Å²) in [6.45, 7) is 3.16. The zero-order chi connectivity index (χ0) is 24.9. The van der Waals surface area contributed by atoms with Gasteiger partial charge >= 0.3 is 5.97 Å². The van der Waals surface area contributed by atoms with Gasteiger partial charge in [0.2, 0.25) is 0 Å². The number of aryl methyl sites for hydroxylation is 1. The summed E-state index contributed by atoms with van der Waals surface area (Å²) >= 11 is 6.75. The van der Waals surface area contributed by atoms with Crippen LogP contribution >= 0.6 is 31.9 Å². The molecule has 0 amide bonds. The number of hydrogen-bond acceptors (Lipinski definition) is 5. The first-order valence-corrected chi connectivity index (χ1v) is 12.6. The van der Waals surface area contributed by atoms with Crippen LogP contribution in [-0.4, -0.2) is 30.4 Å². The van der Waals surface area contributed by atoms with Crippen LogP contribution in [0.1, 0.15) is 63.9 Å². The molecule has 0 N–H and O–H groups in total. The first kappa shape index (κ1) is 26.2. The lowest BCUT2D eigenvalue weighted by atomic mass is 9.71. The molecule has 0 atom stereocenters. The highest BCUT2D eigenvalue weighted by atomic mass is 79.9. The van der Waals surface area contributed by atoms with E-state index < -0.39 is 5.97 Å². The topological polar surface area (TPSA) is 77.5 Å². The van der Waals surface area contributed by atoms with Gasteiger partial charge in [-0.05, 0) is 61.1 Å². The molecule has 7 heteroatoms. The molecule has 1 fully saturated rings. The number of ether oxygens (including phenoxy) is 1. The number of benzene rings is 2. The largest absolute Gasteiger partial charge is 0.466 e. The van der Waals surface area contributed by atoms with Gasteiger partial charge in [0, 0.05) is 50.8 Å². The summed E-state index contributed by atoms with van der Waals surface area (Å²) in [6.07, 6.45) is 6.14. The van der Waals surface area contributed by atoms with Gasteiger partial charge in [0.05, 0.1) is 7.11 Å². The van der Waals surface area contributed by atoms with Crippen molar-refractivity contribution < 1.29 is 23.9 Å². The third kappa shape index (κ3) is 5.99. The molecular formula is C27H26Br2O5. The average molecular weight is 590 g/mol. The fourth-order valence-corrected chi connectivity index (χ4v) is 5.27. The summed E-state index contributed by atoms with van der Waals surface area (Å²) in [5.41, 5.74) is 3.83. The van der Waals surface area contributed by atoms with Gasteiger partial charge in [-0.2, -0.15) is 0 Å². The Hall–Kier alpha value is -2.38. The summed E-state index contributed by atoms with van der Waals surface area (Å²) in [5.74, 6) is 0.443. The number of esters is 1. The van der Waals surface area contributed by atoms with Crippen LogP contribution in [0.15, 0.2) is 58.0 Å². The second kappa shape index (κ2) is 11.4. The van der Waals surface area contributed by atoms with Crippen molar-refractivity contribution in [3.63, 3.8) is 0 Å².